The molecule has 0 heterocycles. The first-order chi connectivity index (χ1) is 8.19. The Morgan fingerprint density at radius 1 is 1.18 bits per heavy atom. The number of benzene rings is 2. The van der Waals surface area contributed by atoms with E-state index < -0.39 is 5.97 Å². The Hall–Kier alpha value is -2.23. The quantitative estimate of drug-likeness (QED) is 0.807. The van der Waals surface area contributed by atoms with Crippen molar-refractivity contribution in [2.75, 3.05) is 14.2 Å². The van der Waals surface area contributed by atoms with Crippen LogP contribution in [-0.2, 0) is 4.74 Å². The van der Waals surface area contributed by atoms with Crippen molar-refractivity contribution in [1.29, 1.82) is 0 Å². The van der Waals surface area contributed by atoms with E-state index in [0.29, 0.717) is 22.1 Å². The van der Waals surface area contributed by atoms with E-state index in [1.54, 1.807) is 24.3 Å². The lowest BCUT2D eigenvalue weighted by atomic mass is 10.0. The summed E-state index contributed by atoms with van der Waals surface area (Å²) in [5.41, 5.74) is 0.373. The average Bonchev–Trinajstić information content (AvgIpc) is 2.38. The predicted molar refractivity (Wildman–Crippen MR) is 63.5 cm³/mol. The lowest BCUT2D eigenvalue weighted by Gasteiger charge is -2.10. The average molecular weight is 232 g/mol. The maximum Gasteiger partial charge on any atom is 0.338 e. The second kappa shape index (κ2) is 4.33. The van der Waals surface area contributed by atoms with Gasteiger partial charge in [-0.05, 0) is 18.2 Å². The number of carbonyl (C=O) groups is 1. The van der Waals surface area contributed by atoms with Gasteiger partial charge in [-0.3, -0.25) is 0 Å². The minimum Gasteiger partial charge on any atom is -0.507 e. The van der Waals surface area contributed by atoms with Gasteiger partial charge in [0, 0.05) is 10.8 Å². The predicted octanol–water partition coefficient (Wildman–Crippen LogP) is 2.34. The molecule has 0 radical (unpaired) electrons. The zero-order valence-electron chi connectivity index (χ0n) is 9.56. The first-order valence-corrected chi connectivity index (χ1v) is 5.06. The number of carbonyl (C=O) groups excluding carboxylic acids is 1. The van der Waals surface area contributed by atoms with Crippen molar-refractivity contribution in [3.05, 3.63) is 35.9 Å². The Labute approximate surface area is 98.4 Å². The second-order valence-electron chi connectivity index (χ2n) is 3.51. The fraction of sp³-hybridized carbons (Fsp3) is 0.154. The van der Waals surface area contributed by atoms with Crippen molar-refractivity contribution in [3.63, 3.8) is 0 Å². The fourth-order valence-electron chi connectivity index (χ4n) is 1.81. The van der Waals surface area contributed by atoms with Crippen LogP contribution in [0.15, 0.2) is 30.3 Å². The van der Waals surface area contributed by atoms with E-state index in [0.717, 1.165) is 0 Å². The molecule has 0 aliphatic heterocycles. The van der Waals surface area contributed by atoms with Crippen LogP contribution in [0.5, 0.6) is 11.5 Å². The summed E-state index contributed by atoms with van der Waals surface area (Å²) in [5, 5.41) is 10.9. The van der Waals surface area contributed by atoms with E-state index in [1.807, 2.05) is 0 Å². The molecule has 0 bridgehead atoms. The summed E-state index contributed by atoms with van der Waals surface area (Å²) in [6.07, 6.45) is 0. The summed E-state index contributed by atoms with van der Waals surface area (Å²) in [4.78, 5) is 11.6. The molecule has 2 aromatic carbocycles. The number of fused-ring (bicyclic) bond motifs is 1. The SMILES string of the molecule is COC(=O)c1cccc2c(O)ccc(OC)c12. The molecule has 2 aromatic rings. The van der Waals surface area contributed by atoms with Crippen LogP contribution in [0, 0.1) is 0 Å². The van der Waals surface area contributed by atoms with Crippen LogP contribution in [0.1, 0.15) is 10.4 Å². The molecule has 4 heteroatoms. The van der Waals surface area contributed by atoms with Crippen LogP contribution in [0.25, 0.3) is 10.8 Å². The van der Waals surface area contributed by atoms with Gasteiger partial charge in [-0.25, -0.2) is 4.79 Å². The summed E-state index contributed by atoms with van der Waals surface area (Å²) in [6.45, 7) is 0. The van der Waals surface area contributed by atoms with Gasteiger partial charge in [-0.15, -0.1) is 0 Å². The summed E-state index contributed by atoms with van der Waals surface area (Å²) < 4.78 is 9.91. The molecule has 1 N–H and O–H groups in total. The van der Waals surface area contributed by atoms with Crippen molar-refractivity contribution >= 4 is 16.7 Å². The van der Waals surface area contributed by atoms with Gasteiger partial charge in [0.05, 0.1) is 19.8 Å². The smallest absolute Gasteiger partial charge is 0.338 e. The van der Waals surface area contributed by atoms with Gasteiger partial charge in [0.1, 0.15) is 11.5 Å². The third-order valence-corrected chi connectivity index (χ3v) is 2.60. The topological polar surface area (TPSA) is 55.8 Å². The van der Waals surface area contributed by atoms with Crippen molar-refractivity contribution < 1.29 is 19.4 Å². The van der Waals surface area contributed by atoms with E-state index in [2.05, 4.69) is 0 Å². The first kappa shape index (κ1) is 11.3. The maximum atomic E-state index is 11.6. The van der Waals surface area contributed by atoms with Gasteiger partial charge in [-0.2, -0.15) is 0 Å². The highest BCUT2D eigenvalue weighted by Crippen LogP contribution is 2.34. The first-order valence-electron chi connectivity index (χ1n) is 5.06. The Balaban J connectivity index is 2.85. The monoisotopic (exact) mass is 232 g/mol. The van der Waals surface area contributed by atoms with E-state index in [4.69, 9.17) is 9.47 Å². The lowest BCUT2D eigenvalue weighted by Crippen LogP contribution is -2.02. The van der Waals surface area contributed by atoms with Crippen LogP contribution in [0.2, 0.25) is 0 Å². The lowest BCUT2D eigenvalue weighted by molar-refractivity contribution is 0.0603. The summed E-state index contributed by atoms with van der Waals surface area (Å²) in [5.74, 6) is 0.171. The van der Waals surface area contributed by atoms with Gasteiger partial charge >= 0.3 is 5.97 Å². The molecule has 0 aliphatic rings. The van der Waals surface area contributed by atoms with Crippen molar-refractivity contribution in [2.45, 2.75) is 0 Å². The molecule has 2 rings (SSSR count). The molecule has 0 aromatic heterocycles. The minimum absolute atomic E-state index is 0.103. The molecule has 0 atom stereocenters. The molecular weight excluding hydrogens is 220 g/mol. The van der Waals surface area contributed by atoms with Gasteiger partial charge in [0.15, 0.2) is 0 Å². The number of phenolic OH excluding ortho intramolecular Hbond substituents is 1. The number of rotatable bonds is 2. The molecule has 0 saturated heterocycles. The number of ether oxygens (including phenoxy) is 2. The molecule has 0 fully saturated rings. The van der Waals surface area contributed by atoms with Crippen molar-refractivity contribution in [2.24, 2.45) is 0 Å². The maximum absolute atomic E-state index is 11.6. The van der Waals surface area contributed by atoms with Crippen molar-refractivity contribution in [3.8, 4) is 11.5 Å². The third-order valence-electron chi connectivity index (χ3n) is 2.60. The molecule has 0 amide bonds. The van der Waals surface area contributed by atoms with Crippen LogP contribution in [-0.4, -0.2) is 25.3 Å². The minimum atomic E-state index is -0.459. The largest absolute Gasteiger partial charge is 0.507 e. The van der Waals surface area contributed by atoms with E-state index in [1.165, 1.54) is 20.3 Å². The zero-order valence-corrected chi connectivity index (χ0v) is 9.56. The summed E-state index contributed by atoms with van der Waals surface area (Å²) in [6, 6.07) is 8.19. The fourth-order valence-corrected chi connectivity index (χ4v) is 1.81. The molecule has 0 saturated carbocycles. The number of methoxy groups -OCH3 is 2. The van der Waals surface area contributed by atoms with Gasteiger partial charge in [0.25, 0.3) is 0 Å². The molecule has 0 unspecified atom stereocenters. The number of hydrogen-bond acceptors (Lipinski definition) is 4. The number of esters is 1. The van der Waals surface area contributed by atoms with Crippen LogP contribution >= 0.6 is 0 Å². The van der Waals surface area contributed by atoms with Crippen LogP contribution in [0.4, 0.5) is 0 Å². The number of hydrogen-bond donors (Lipinski definition) is 1. The van der Waals surface area contributed by atoms with E-state index >= 15 is 0 Å². The van der Waals surface area contributed by atoms with Gasteiger partial charge < -0.3 is 14.6 Å². The molecular formula is C13H12O4. The summed E-state index contributed by atoms with van der Waals surface area (Å²) >= 11 is 0. The Morgan fingerprint density at radius 3 is 2.59 bits per heavy atom. The van der Waals surface area contributed by atoms with E-state index in [9.17, 15) is 9.90 Å². The molecule has 4 nitrogen and oxygen atoms in total. The molecule has 0 spiro atoms. The van der Waals surface area contributed by atoms with Gasteiger partial charge in [0.2, 0.25) is 0 Å². The highest BCUT2D eigenvalue weighted by Gasteiger charge is 2.15. The normalized spacial score (nSPS) is 10.2. The Morgan fingerprint density at radius 2 is 1.94 bits per heavy atom. The third kappa shape index (κ3) is 1.78. The standard InChI is InChI=1S/C13H12O4/c1-16-11-7-6-10(14)8-4-3-5-9(12(8)11)13(15)17-2/h3-7,14H,1-2H3. The summed E-state index contributed by atoms with van der Waals surface area (Å²) in [7, 11) is 2.83. The second-order valence-corrected chi connectivity index (χ2v) is 3.51. The van der Waals surface area contributed by atoms with E-state index in [-0.39, 0.29) is 5.75 Å². The number of phenols is 1. The van der Waals surface area contributed by atoms with Crippen LogP contribution in [0.3, 0.4) is 0 Å². The van der Waals surface area contributed by atoms with Gasteiger partial charge in [-0.1, -0.05) is 12.1 Å². The van der Waals surface area contributed by atoms with Crippen molar-refractivity contribution in [1.82, 2.24) is 0 Å². The molecule has 17 heavy (non-hydrogen) atoms. The Bertz CT molecular complexity index is 575. The highest BCUT2D eigenvalue weighted by atomic mass is 16.5. The Kier molecular flexibility index (Phi) is 2.87. The van der Waals surface area contributed by atoms with Crippen LogP contribution < -0.4 is 4.74 Å². The molecule has 88 valence electrons. The number of aromatic hydroxyl groups is 1. The zero-order chi connectivity index (χ0) is 12.4. The molecule has 0 aliphatic carbocycles. The highest BCUT2D eigenvalue weighted by molar-refractivity contribution is 6.08.